The molecule has 0 saturated heterocycles. The average molecular weight is 237 g/mol. The number of rotatable bonds is 2. The molecule has 2 aromatic rings. The van der Waals surface area contributed by atoms with Crippen molar-refractivity contribution in [2.45, 2.75) is 6.92 Å². The van der Waals surface area contributed by atoms with Gasteiger partial charge in [0.15, 0.2) is 0 Å². The molecule has 0 saturated carbocycles. The largest absolute Gasteiger partial charge is 0.506 e. The van der Waals surface area contributed by atoms with Gasteiger partial charge in [-0.1, -0.05) is 18.2 Å². The number of nitrogens with zero attached hydrogens (tertiary/aromatic N) is 3. The van der Waals surface area contributed by atoms with Crippen LogP contribution in [0.15, 0.2) is 52.7 Å². The first-order valence-corrected chi connectivity index (χ1v) is 5.41. The van der Waals surface area contributed by atoms with E-state index in [-0.39, 0.29) is 11.3 Å². The maximum absolute atomic E-state index is 9.61. The number of nitriles is 1. The van der Waals surface area contributed by atoms with Gasteiger partial charge in [-0.25, -0.2) is 0 Å². The first-order chi connectivity index (χ1) is 8.70. The van der Waals surface area contributed by atoms with Crippen LogP contribution in [0.2, 0.25) is 0 Å². The molecule has 2 rings (SSSR count). The van der Waals surface area contributed by atoms with Gasteiger partial charge >= 0.3 is 0 Å². The first kappa shape index (κ1) is 11.8. The molecule has 1 N–H and O–H groups in total. The van der Waals surface area contributed by atoms with Crippen LogP contribution in [-0.4, -0.2) is 5.11 Å². The monoisotopic (exact) mass is 237 g/mol. The van der Waals surface area contributed by atoms with Crippen LogP contribution < -0.4 is 0 Å². The summed E-state index contributed by atoms with van der Waals surface area (Å²) in [7, 11) is 0. The second kappa shape index (κ2) is 5.11. The Morgan fingerprint density at radius 1 is 1.06 bits per heavy atom. The molecule has 0 spiro atoms. The van der Waals surface area contributed by atoms with Crippen LogP contribution in [0.1, 0.15) is 11.1 Å². The zero-order chi connectivity index (χ0) is 13.0. The van der Waals surface area contributed by atoms with E-state index in [1.54, 1.807) is 13.0 Å². The fraction of sp³-hybridized carbons (Fsp3) is 0.0714. The quantitative estimate of drug-likeness (QED) is 0.802. The van der Waals surface area contributed by atoms with Crippen LogP contribution in [0.25, 0.3) is 0 Å². The van der Waals surface area contributed by atoms with Crippen LogP contribution in [0.3, 0.4) is 0 Å². The summed E-state index contributed by atoms with van der Waals surface area (Å²) < 4.78 is 0. The lowest BCUT2D eigenvalue weighted by Gasteiger charge is -2.01. The third kappa shape index (κ3) is 2.53. The highest BCUT2D eigenvalue weighted by atomic mass is 16.3. The van der Waals surface area contributed by atoms with Crippen LogP contribution in [0, 0.1) is 18.3 Å². The predicted molar refractivity (Wildman–Crippen MR) is 68.2 cm³/mol. The van der Waals surface area contributed by atoms with Crippen molar-refractivity contribution >= 4 is 11.4 Å². The van der Waals surface area contributed by atoms with Crippen molar-refractivity contribution in [1.29, 1.82) is 5.26 Å². The molecule has 88 valence electrons. The van der Waals surface area contributed by atoms with Gasteiger partial charge in [0.1, 0.15) is 11.8 Å². The SMILES string of the molecule is Cc1cc(N=Nc2ccccc2)cc(C#N)c1O. The number of hydrogen-bond acceptors (Lipinski definition) is 4. The molecular weight excluding hydrogens is 226 g/mol. The van der Waals surface area contributed by atoms with Gasteiger partial charge in [0.2, 0.25) is 0 Å². The Balaban J connectivity index is 2.34. The Morgan fingerprint density at radius 3 is 2.39 bits per heavy atom. The van der Waals surface area contributed by atoms with Gasteiger partial charge in [0.25, 0.3) is 0 Å². The second-order valence-electron chi connectivity index (χ2n) is 3.81. The molecule has 0 aromatic heterocycles. The Kier molecular flexibility index (Phi) is 3.35. The number of hydrogen-bond donors (Lipinski definition) is 1. The summed E-state index contributed by atoms with van der Waals surface area (Å²) in [6.45, 7) is 1.72. The van der Waals surface area contributed by atoms with Gasteiger partial charge in [-0.05, 0) is 36.8 Å². The lowest BCUT2D eigenvalue weighted by atomic mass is 10.1. The highest BCUT2D eigenvalue weighted by Gasteiger charge is 2.05. The molecule has 0 unspecified atom stereocenters. The second-order valence-corrected chi connectivity index (χ2v) is 3.81. The minimum absolute atomic E-state index is 0.00355. The molecule has 0 aliphatic heterocycles. The van der Waals surface area contributed by atoms with Crippen LogP contribution in [0.4, 0.5) is 11.4 Å². The number of benzene rings is 2. The fourth-order valence-electron chi connectivity index (χ4n) is 1.51. The number of phenols is 1. The average Bonchev–Trinajstić information content (AvgIpc) is 2.41. The van der Waals surface area contributed by atoms with Crippen molar-refractivity contribution in [1.82, 2.24) is 0 Å². The van der Waals surface area contributed by atoms with E-state index in [0.29, 0.717) is 11.3 Å². The highest BCUT2D eigenvalue weighted by molar-refractivity contribution is 5.56. The summed E-state index contributed by atoms with van der Waals surface area (Å²) in [6.07, 6.45) is 0. The van der Waals surface area contributed by atoms with Crippen molar-refractivity contribution in [2.75, 3.05) is 0 Å². The van der Waals surface area contributed by atoms with E-state index in [4.69, 9.17) is 5.26 Å². The van der Waals surface area contributed by atoms with E-state index in [1.165, 1.54) is 6.07 Å². The molecule has 0 radical (unpaired) electrons. The molecule has 0 aliphatic rings. The minimum atomic E-state index is -0.00355. The number of aromatic hydroxyl groups is 1. The summed E-state index contributed by atoms with van der Waals surface area (Å²) in [5, 5.41) is 26.6. The molecule has 0 amide bonds. The Hall–Kier alpha value is -2.67. The zero-order valence-electron chi connectivity index (χ0n) is 9.83. The lowest BCUT2D eigenvalue weighted by molar-refractivity contribution is 0.469. The van der Waals surface area contributed by atoms with Gasteiger partial charge in [0.05, 0.1) is 16.9 Å². The molecular formula is C14H11N3O. The van der Waals surface area contributed by atoms with Gasteiger partial charge in [-0.2, -0.15) is 15.5 Å². The topological polar surface area (TPSA) is 68.7 Å². The molecule has 4 nitrogen and oxygen atoms in total. The summed E-state index contributed by atoms with van der Waals surface area (Å²) in [5.41, 5.74) is 2.10. The minimum Gasteiger partial charge on any atom is -0.506 e. The molecule has 4 heteroatoms. The van der Waals surface area contributed by atoms with Crippen molar-refractivity contribution in [3.05, 3.63) is 53.6 Å². The van der Waals surface area contributed by atoms with Gasteiger partial charge in [0, 0.05) is 0 Å². The molecule has 0 fully saturated rings. The standard InChI is InChI=1S/C14H11N3O/c1-10-7-13(8-11(9-15)14(10)18)17-16-12-5-3-2-4-6-12/h2-8,18H,1H3. The molecule has 2 aromatic carbocycles. The van der Waals surface area contributed by atoms with E-state index in [9.17, 15) is 5.11 Å². The summed E-state index contributed by atoms with van der Waals surface area (Å²) in [5.74, 6) is -0.00355. The van der Waals surface area contributed by atoms with E-state index in [2.05, 4.69) is 10.2 Å². The van der Waals surface area contributed by atoms with Crippen molar-refractivity contribution in [3.63, 3.8) is 0 Å². The number of azo groups is 1. The molecule has 0 aliphatic carbocycles. The van der Waals surface area contributed by atoms with Crippen molar-refractivity contribution in [3.8, 4) is 11.8 Å². The lowest BCUT2D eigenvalue weighted by Crippen LogP contribution is -1.80. The third-order valence-corrected chi connectivity index (χ3v) is 2.44. The van der Waals surface area contributed by atoms with Gasteiger partial charge in [-0.3, -0.25) is 0 Å². The van der Waals surface area contributed by atoms with Crippen LogP contribution in [0.5, 0.6) is 5.75 Å². The summed E-state index contributed by atoms with van der Waals surface area (Å²) in [4.78, 5) is 0. The zero-order valence-corrected chi connectivity index (χ0v) is 9.83. The maximum Gasteiger partial charge on any atom is 0.136 e. The molecule has 0 bridgehead atoms. The van der Waals surface area contributed by atoms with Crippen LogP contribution >= 0.6 is 0 Å². The number of phenolic OH excluding ortho intramolecular Hbond substituents is 1. The van der Waals surface area contributed by atoms with Gasteiger partial charge in [-0.15, -0.1) is 0 Å². The molecule has 0 heterocycles. The third-order valence-electron chi connectivity index (χ3n) is 2.44. The van der Waals surface area contributed by atoms with E-state index in [0.717, 1.165) is 5.69 Å². The highest BCUT2D eigenvalue weighted by Crippen LogP contribution is 2.28. The van der Waals surface area contributed by atoms with Crippen molar-refractivity contribution in [2.24, 2.45) is 10.2 Å². The van der Waals surface area contributed by atoms with Gasteiger partial charge < -0.3 is 5.11 Å². The summed E-state index contributed by atoms with van der Waals surface area (Å²) in [6, 6.07) is 14.4. The Labute approximate surface area is 105 Å². The molecule has 18 heavy (non-hydrogen) atoms. The Morgan fingerprint density at radius 2 is 1.72 bits per heavy atom. The predicted octanol–water partition coefficient (Wildman–Crippen LogP) is 3.99. The van der Waals surface area contributed by atoms with E-state index >= 15 is 0 Å². The first-order valence-electron chi connectivity index (χ1n) is 5.41. The van der Waals surface area contributed by atoms with Crippen molar-refractivity contribution < 1.29 is 5.11 Å². The normalized spacial score (nSPS) is 10.4. The molecule has 0 atom stereocenters. The van der Waals surface area contributed by atoms with E-state index < -0.39 is 0 Å². The fourth-order valence-corrected chi connectivity index (χ4v) is 1.51. The van der Waals surface area contributed by atoms with E-state index in [1.807, 2.05) is 36.4 Å². The maximum atomic E-state index is 9.61. The number of aryl methyl sites for hydroxylation is 1. The smallest absolute Gasteiger partial charge is 0.136 e. The Bertz CT molecular complexity index is 627. The van der Waals surface area contributed by atoms with Crippen LogP contribution in [-0.2, 0) is 0 Å². The summed E-state index contributed by atoms with van der Waals surface area (Å²) >= 11 is 0.